The molecule has 2 rings (SSSR count). The predicted octanol–water partition coefficient (Wildman–Crippen LogP) is 2.99. The highest BCUT2D eigenvalue weighted by Gasteiger charge is 2.11. The lowest BCUT2D eigenvalue weighted by Crippen LogP contribution is -2.16. The molecule has 1 N–H and O–H groups in total. The lowest BCUT2D eigenvalue weighted by Gasteiger charge is -2.02. The fourth-order valence-electron chi connectivity index (χ4n) is 2.30. The third-order valence-electron chi connectivity index (χ3n) is 3.72. The van der Waals surface area contributed by atoms with Crippen LogP contribution in [0.25, 0.3) is 6.08 Å². The van der Waals surface area contributed by atoms with Crippen LogP contribution in [0, 0.1) is 11.3 Å². The number of carbonyl (C=O) groups is 1. The van der Waals surface area contributed by atoms with Crippen LogP contribution in [0.3, 0.4) is 0 Å². The van der Waals surface area contributed by atoms with Crippen molar-refractivity contribution < 1.29 is 13.2 Å². The Morgan fingerprint density at radius 3 is 2.78 bits per heavy atom. The molecule has 1 aromatic heterocycles. The van der Waals surface area contributed by atoms with Gasteiger partial charge in [-0.1, -0.05) is 30.3 Å². The molecule has 7 nitrogen and oxygen atoms in total. The van der Waals surface area contributed by atoms with Gasteiger partial charge in [-0.2, -0.15) is 10.4 Å². The zero-order valence-electron chi connectivity index (χ0n) is 14.9. The fourth-order valence-corrected chi connectivity index (χ4v) is 3.27. The first-order chi connectivity index (χ1) is 13.0. The van der Waals surface area contributed by atoms with Crippen LogP contribution in [0.15, 0.2) is 48.1 Å². The number of nitrogens with one attached hydrogen (secondary N) is 1. The van der Waals surface area contributed by atoms with Gasteiger partial charge in [0, 0.05) is 31.0 Å². The highest BCUT2D eigenvalue weighted by molar-refractivity contribution is 7.94. The molecule has 0 bridgehead atoms. The predicted molar refractivity (Wildman–Crippen MR) is 104 cm³/mol. The number of amides is 1. The van der Waals surface area contributed by atoms with E-state index in [9.17, 15) is 13.2 Å². The van der Waals surface area contributed by atoms with Crippen molar-refractivity contribution in [2.24, 2.45) is 0 Å². The summed E-state index contributed by atoms with van der Waals surface area (Å²) >= 11 is 0. The van der Waals surface area contributed by atoms with Crippen molar-refractivity contribution in [2.45, 2.75) is 32.2 Å². The van der Waals surface area contributed by atoms with Crippen LogP contribution in [0.2, 0.25) is 0 Å². The summed E-state index contributed by atoms with van der Waals surface area (Å²) < 4.78 is 25.7. The van der Waals surface area contributed by atoms with Crippen LogP contribution >= 0.6 is 0 Å². The highest BCUT2D eigenvalue weighted by Crippen LogP contribution is 2.09. The SMILES string of the molecule is N#CCCCCn1cc(NC(=O)CCS(=O)(=O)/C=C/c2ccccc2)cn1. The van der Waals surface area contributed by atoms with Crippen LogP contribution in [0.1, 0.15) is 31.2 Å². The van der Waals surface area contributed by atoms with Crippen LogP contribution in [-0.2, 0) is 21.2 Å². The molecule has 0 radical (unpaired) electrons. The number of aromatic nitrogens is 2. The summed E-state index contributed by atoms with van der Waals surface area (Å²) in [4.78, 5) is 12.0. The molecule has 0 fully saturated rings. The molecule has 0 atom stereocenters. The average molecular weight is 386 g/mol. The Hall–Kier alpha value is -2.92. The van der Waals surface area contributed by atoms with Crippen molar-refractivity contribution in [2.75, 3.05) is 11.1 Å². The monoisotopic (exact) mass is 386 g/mol. The Balaban J connectivity index is 1.78. The quantitative estimate of drug-likeness (QED) is 0.632. The van der Waals surface area contributed by atoms with Crippen molar-refractivity contribution in [1.82, 2.24) is 9.78 Å². The molecule has 0 aliphatic carbocycles. The van der Waals surface area contributed by atoms with E-state index >= 15 is 0 Å². The van der Waals surface area contributed by atoms with Crippen molar-refractivity contribution in [3.8, 4) is 6.07 Å². The van der Waals surface area contributed by atoms with Crippen molar-refractivity contribution in [3.05, 3.63) is 53.7 Å². The standard InChI is InChI=1S/C19H22N4O3S/c20-11-5-2-6-12-23-16-18(15-21-23)22-19(24)10-14-27(25,26)13-9-17-7-3-1-4-8-17/h1,3-4,7-9,13,15-16H,2,5-6,10,12,14H2,(H,22,24)/b13-9+. The van der Waals surface area contributed by atoms with Gasteiger partial charge < -0.3 is 5.32 Å². The number of nitriles is 1. The Morgan fingerprint density at radius 1 is 1.26 bits per heavy atom. The van der Waals surface area contributed by atoms with Gasteiger partial charge in [0.1, 0.15) is 0 Å². The average Bonchev–Trinajstić information content (AvgIpc) is 3.10. The van der Waals surface area contributed by atoms with Gasteiger partial charge in [0.25, 0.3) is 0 Å². The van der Waals surface area contributed by atoms with E-state index in [1.165, 1.54) is 12.3 Å². The van der Waals surface area contributed by atoms with E-state index in [4.69, 9.17) is 5.26 Å². The topological polar surface area (TPSA) is 105 Å². The maximum Gasteiger partial charge on any atom is 0.225 e. The molecule has 27 heavy (non-hydrogen) atoms. The van der Waals surface area contributed by atoms with Gasteiger partial charge in [0.2, 0.25) is 5.91 Å². The molecule has 0 saturated carbocycles. The summed E-state index contributed by atoms with van der Waals surface area (Å²) in [6.07, 6.45) is 6.73. The lowest BCUT2D eigenvalue weighted by atomic mass is 10.2. The number of aryl methyl sites for hydroxylation is 1. The molecular formula is C19H22N4O3S. The number of benzene rings is 1. The normalized spacial score (nSPS) is 11.4. The van der Waals surface area contributed by atoms with Gasteiger partial charge in [-0.3, -0.25) is 9.48 Å². The summed E-state index contributed by atoms with van der Waals surface area (Å²) in [6.45, 7) is 0.663. The summed E-state index contributed by atoms with van der Waals surface area (Å²) in [5.41, 5.74) is 1.31. The van der Waals surface area contributed by atoms with E-state index in [1.54, 1.807) is 23.0 Å². The third kappa shape index (κ3) is 7.88. The first-order valence-corrected chi connectivity index (χ1v) is 10.4. The number of sulfone groups is 1. The number of nitrogens with zero attached hydrogens (tertiary/aromatic N) is 3. The maximum absolute atomic E-state index is 12.0. The Morgan fingerprint density at radius 2 is 2.04 bits per heavy atom. The highest BCUT2D eigenvalue weighted by atomic mass is 32.2. The Bertz CT molecular complexity index is 912. The van der Waals surface area contributed by atoms with E-state index in [1.807, 2.05) is 18.2 Å². The number of rotatable bonds is 10. The zero-order valence-corrected chi connectivity index (χ0v) is 15.7. The number of anilines is 1. The molecular weight excluding hydrogens is 364 g/mol. The van der Waals surface area contributed by atoms with Crippen LogP contribution < -0.4 is 5.32 Å². The van der Waals surface area contributed by atoms with Crippen molar-refractivity contribution in [1.29, 1.82) is 5.26 Å². The molecule has 1 aromatic carbocycles. The molecule has 0 spiro atoms. The first-order valence-electron chi connectivity index (χ1n) is 8.64. The van der Waals surface area contributed by atoms with Crippen molar-refractivity contribution >= 4 is 27.5 Å². The number of carbonyl (C=O) groups excluding carboxylic acids is 1. The minimum absolute atomic E-state index is 0.130. The molecule has 0 unspecified atom stereocenters. The third-order valence-corrected chi connectivity index (χ3v) is 5.05. The number of hydrogen-bond acceptors (Lipinski definition) is 5. The first kappa shape index (κ1) is 20.4. The number of unbranched alkanes of at least 4 members (excludes halogenated alkanes) is 2. The van der Waals surface area contributed by atoms with Crippen LogP contribution in [0.5, 0.6) is 0 Å². The smallest absolute Gasteiger partial charge is 0.225 e. The van der Waals surface area contributed by atoms with Crippen LogP contribution in [-0.4, -0.2) is 29.9 Å². The molecule has 8 heteroatoms. The second-order valence-electron chi connectivity index (χ2n) is 5.99. The Kier molecular flexibility index (Phi) is 7.77. The fraction of sp³-hybridized carbons (Fsp3) is 0.316. The second-order valence-corrected chi connectivity index (χ2v) is 7.99. The maximum atomic E-state index is 12.0. The molecule has 0 aliphatic rings. The summed E-state index contributed by atoms with van der Waals surface area (Å²) in [6, 6.07) is 11.2. The van der Waals surface area contributed by atoms with Gasteiger partial charge in [0.05, 0.1) is 23.7 Å². The van der Waals surface area contributed by atoms with Gasteiger partial charge in [0.15, 0.2) is 9.84 Å². The van der Waals surface area contributed by atoms with E-state index in [2.05, 4.69) is 16.5 Å². The summed E-state index contributed by atoms with van der Waals surface area (Å²) in [5.74, 6) is -0.638. The molecule has 142 valence electrons. The molecule has 0 saturated heterocycles. The largest absolute Gasteiger partial charge is 0.323 e. The van der Waals surface area contributed by atoms with E-state index in [0.29, 0.717) is 18.7 Å². The van der Waals surface area contributed by atoms with Gasteiger partial charge in [-0.05, 0) is 24.5 Å². The van der Waals surface area contributed by atoms with Gasteiger partial charge >= 0.3 is 0 Å². The van der Waals surface area contributed by atoms with Crippen LogP contribution in [0.4, 0.5) is 5.69 Å². The molecule has 0 aliphatic heterocycles. The molecule has 2 aromatic rings. The minimum atomic E-state index is -3.47. The molecule has 1 heterocycles. The van der Waals surface area contributed by atoms with E-state index in [0.717, 1.165) is 23.8 Å². The summed E-state index contributed by atoms with van der Waals surface area (Å²) in [7, 11) is -3.47. The lowest BCUT2D eigenvalue weighted by molar-refractivity contribution is -0.115. The number of hydrogen-bond donors (Lipinski definition) is 1. The minimum Gasteiger partial charge on any atom is -0.323 e. The van der Waals surface area contributed by atoms with Gasteiger partial charge in [-0.15, -0.1) is 0 Å². The second kappa shape index (κ2) is 10.3. The summed E-state index contributed by atoms with van der Waals surface area (Å²) in [5, 5.41) is 16.4. The van der Waals surface area contributed by atoms with Crippen molar-refractivity contribution in [3.63, 3.8) is 0 Å². The van der Waals surface area contributed by atoms with Gasteiger partial charge in [-0.25, -0.2) is 8.42 Å². The van der Waals surface area contributed by atoms with E-state index < -0.39 is 9.84 Å². The zero-order chi connectivity index (χ0) is 19.5. The van der Waals surface area contributed by atoms with E-state index in [-0.39, 0.29) is 18.1 Å². The Labute approximate surface area is 159 Å². The molecule has 1 amide bonds.